The van der Waals surface area contributed by atoms with Gasteiger partial charge in [-0.3, -0.25) is 4.79 Å². The lowest BCUT2D eigenvalue weighted by Gasteiger charge is -2.15. The SMILES string of the molecule is COc1cc(C=CC(=O)c2cc(OC)c(OC)c(OC)c2)cc(Cl)c1OC(C)C. The molecule has 6 nitrogen and oxygen atoms in total. The number of ether oxygens (including phenoxy) is 5. The van der Waals surface area contributed by atoms with Crippen molar-refractivity contribution in [2.45, 2.75) is 20.0 Å². The van der Waals surface area contributed by atoms with E-state index in [0.29, 0.717) is 44.9 Å². The van der Waals surface area contributed by atoms with Crippen molar-refractivity contribution in [3.8, 4) is 28.7 Å². The zero-order chi connectivity index (χ0) is 21.6. The molecule has 29 heavy (non-hydrogen) atoms. The van der Waals surface area contributed by atoms with Gasteiger partial charge in [0.15, 0.2) is 28.8 Å². The van der Waals surface area contributed by atoms with Gasteiger partial charge >= 0.3 is 0 Å². The number of hydrogen-bond acceptors (Lipinski definition) is 6. The molecule has 0 aliphatic carbocycles. The van der Waals surface area contributed by atoms with Gasteiger partial charge in [0.2, 0.25) is 5.75 Å². The molecule has 0 radical (unpaired) electrons. The summed E-state index contributed by atoms with van der Waals surface area (Å²) in [4.78, 5) is 12.7. The first kappa shape index (κ1) is 22.4. The molecule has 0 amide bonds. The highest BCUT2D eigenvalue weighted by Gasteiger charge is 2.16. The van der Waals surface area contributed by atoms with Crippen LogP contribution in [0.4, 0.5) is 0 Å². The predicted octanol–water partition coefficient (Wildman–Crippen LogP) is 5.06. The van der Waals surface area contributed by atoms with Gasteiger partial charge in [-0.1, -0.05) is 17.7 Å². The van der Waals surface area contributed by atoms with E-state index in [0.717, 1.165) is 0 Å². The fraction of sp³-hybridized carbons (Fsp3) is 0.318. The molecule has 0 bridgehead atoms. The Morgan fingerprint density at radius 1 is 0.862 bits per heavy atom. The molecule has 0 aromatic heterocycles. The van der Waals surface area contributed by atoms with E-state index in [1.165, 1.54) is 34.5 Å². The van der Waals surface area contributed by atoms with Crippen LogP contribution in [0.1, 0.15) is 29.8 Å². The van der Waals surface area contributed by atoms with Crippen LogP contribution in [0.25, 0.3) is 6.08 Å². The first-order chi connectivity index (χ1) is 13.8. The molecule has 7 heteroatoms. The maximum absolute atomic E-state index is 12.7. The van der Waals surface area contributed by atoms with Crippen LogP contribution < -0.4 is 23.7 Å². The number of carbonyl (C=O) groups is 1. The van der Waals surface area contributed by atoms with Gasteiger partial charge in [0.05, 0.1) is 39.6 Å². The summed E-state index contributed by atoms with van der Waals surface area (Å²) in [6.45, 7) is 3.80. The second-order valence-corrected chi connectivity index (χ2v) is 6.72. The molecule has 0 N–H and O–H groups in total. The summed E-state index contributed by atoms with van der Waals surface area (Å²) < 4.78 is 26.9. The molecule has 2 rings (SSSR count). The number of allylic oxidation sites excluding steroid dienone is 1. The fourth-order valence-electron chi connectivity index (χ4n) is 2.68. The van der Waals surface area contributed by atoms with Crippen molar-refractivity contribution >= 4 is 23.5 Å². The zero-order valence-corrected chi connectivity index (χ0v) is 18.1. The average Bonchev–Trinajstić information content (AvgIpc) is 2.71. The largest absolute Gasteiger partial charge is 0.493 e. The lowest BCUT2D eigenvalue weighted by atomic mass is 10.1. The van der Waals surface area contributed by atoms with Gasteiger partial charge in [-0.15, -0.1) is 0 Å². The Balaban J connectivity index is 2.35. The lowest BCUT2D eigenvalue weighted by molar-refractivity contribution is 0.104. The lowest BCUT2D eigenvalue weighted by Crippen LogP contribution is -2.07. The first-order valence-electron chi connectivity index (χ1n) is 8.91. The smallest absolute Gasteiger partial charge is 0.203 e. The highest BCUT2D eigenvalue weighted by molar-refractivity contribution is 6.32. The van der Waals surface area contributed by atoms with Crippen molar-refractivity contribution in [3.63, 3.8) is 0 Å². The molecule has 2 aromatic rings. The third-order valence-electron chi connectivity index (χ3n) is 3.98. The third-order valence-corrected chi connectivity index (χ3v) is 4.26. The zero-order valence-electron chi connectivity index (χ0n) is 17.4. The molecule has 2 aromatic carbocycles. The highest BCUT2D eigenvalue weighted by Crippen LogP contribution is 2.39. The van der Waals surface area contributed by atoms with E-state index in [1.54, 1.807) is 30.3 Å². The Labute approximate surface area is 175 Å². The number of methoxy groups -OCH3 is 4. The molecule has 0 heterocycles. The molecule has 0 aliphatic heterocycles. The van der Waals surface area contributed by atoms with Gasteiger partial charge in [-0.05, 0) is 49.8 Å². The normalized spacial score (nSPS) is 10.9. The molecule has 0 aliphatic rings. The van der Waals surface area contributed by atoms with E-state index in [2.05, 4.69) is 0 Å². The fourth-order valence-corrected chi connectivity index (χ4v) is 2.94. The van der Waals surface area contributed by atoms with Crippen LogP contribution in [0.2, 0.25) is 5.02 Å². The molecule has 0 saturated carbocycles. The molecule has 0 saturated heterocycles. The van der Waals surface area contributed by atoms with Crippen LogP contribution in [0.15, 0.2) is 30.3 Å². The number of halogens is 1. The Hall–Kier alpha value is -2.86. The van der Waals surface area contributed by atoms with E-state index in [1.807, 2.05) is 13.8 Å². The molecule has 0 spiro atoms. The molecular formula is C22H25ClO6. The van der Waals surface area contributed by atoms with Gasteiger partial charge in [-0.25, -0.2) is 0 Å². The molecule has 0 atom stereocenters. The Kier molecular flexibility index (Phi) is 7.79. The molecule has 0 fully saturated rings. The van der Waals surface area contributed by atoms with Crippen molar-refractivity contribution in [2.75, 3.05) is 28.4 Å². The Morgan fingerprint density at radius 2 is 1.41 bits per heavy atom. The first-order valence-corrected chi connectivity index (χ1v) is 9.29. The van der Waals surface area contributed by atoms with E-state index < -0.39 is 0 Å². The minimum absolute atomic E-state index is 0.0515. The highest BCUT2D eigenvalue weighted by atomic mass is 35.5. The van der Waals surface area contributed by atoms with Crippen LogP contribution in [-0.4, -0.2) is 40.3 Å². The maximum atomic E-state index is 12.7. The summed E-state index contributed by atoms with van der Waals surface area (Å²) in [6, 6.07) is 6.66. The Morgan fingerprint density at radius 3 is 1.90 bits per heavy atom. The van der Waals surface area contributed by atoms with E-state index in [-0.39, 0.29) is 11.9 Å². The molecule has 156 valence electrons. The monoisotopic (exact) mass is 420 g/mol. The van der Waals surface area contributed by atoms with Crippen molar-refractivity contribution in [3.05, 3.63) is 46.5 Å². The standard InChI is InChI=1S/C22H25ClO6/c1-13(2)29-21-16(23)9-14(10-18(21)25-3)7-8-17(24)15-11-19(26-4)22(28-6)20(12-15)27-5/h7-13H,1-6H3. The van der Waals surface area contributed by atoms with Crippen molar-refractivity contribution in [1.82, 2.24) is 0 Å². The van der Waals surface area contributed by atoms with Gasteiger partial charge < -0.3 is 23.7 Å². The summed E-state index contributed by atoms with van der Waals surface area (Å²) in [5.74, 6) is 1.96. The summed E-state index contributed by atoms with van der Waals surface area (Å²) in [5, 5.41) is 0.401. The van der Waals surface area contributed by atoms with Crippen LogP contribution in [0.5, 0.6) is 28.7 Å². The number of rotatable bonds is 9. The number of benzene rings is 2. The second-order valence-electron chi connectivity index (χ2n) is 6.31. The minimum Gasteiger partial charge on any atom is -0.493 e. The van der Waals surface area contributed by atoms with E-state index in [4.69, 9.17) is 35.3 Å². The summed E-state index contributed by atoms with van der Waals surface area (Å²) in [7, 11) is 6.03. The third kappa shape index (κ3) is 5.35. The van der Waals surface area contributed by atoms with Gasteiger partial charge in [0.1, 0.15) is 0 Å². The van der Waals surface area contributed by atoms with Crippen molar-refractivity contribution in [2.24, 2.45) is 0 Å². The quantitative estimate of drug-likeness (QED) is 0.417. The van der Waals surface area contributed by atoms with Crippen molar-refractivity contribution in [1.29, 1.82) is 0 Å². The number of ketones is 1. The number of hydrogen-bond donors (Lipinski definition) is 0. The number of carbonyl (C=O) groups excluding carboxylic acids is 1. The Bertz CT molecular complexity index is 879. The van der Waals surface area contributed by atoms with E-state index in [9.17, 15) is 4.79 Å². The summed E-state index contributed by atoms with van der Waals surface area (Å²) in [5.41, 5.74) is 1.09. The van der Waals surface area contributed by atoms with Crippen LogP contribution in [-0.2, 0) is 0 Å². The van der Waals surface area contributed by atoms with Crippen molar-refractivity contribution < 1.29 is 28.5 Å². The maximum Gasteiger partial charge on any atom is 0.203 e. The van der Waals surface area contributed by atoms with E-state index >= 15 is 0 Å². The molecule has 0 unspecified atom stereocenters. The average molecular weight is 421 g/mol. The summed E-state index contributed by atoms with van der Waals surface area (Å²) in [6.07, 6.45) is 3.04. The van der Waals surface area contributed by atoms with Crippen LogP contribution in [0.3, 0.4) is 0 Å². The van der Waals surface area contributed by atoms with Gasteiger partial charge in [0.25, 0.3) is 0 Å². The predicted molar refractivity (Wildman–Crippen MR) is 113 cm³/mol. The van der Waals surface area contributed by atoms with Crippen LogP contribution in [0, 0.1) is 0 Å². The van der Waals surface area contributed by atoms with Gasteiger partial charge in [0, 0.05) is 5.56 Å². The summed E-state index contributed by atoms with van der Waals surface area (Å²) >= 11 is 6.33. The second kappa shape index (κ2) is 10.1. The van der Waals surface area contributed by atoms with Crippen LogP contribution >= 0.6 is 11.6 Å². The topological polar surface area (TPSA) is 63.2 Å². The molecular weight excluding hydrogens is 396 g/mol. The minimum atomic E-state index is -0.234. The van der Waals surface area contributed by atoms with Gasteiger partial charge in [-0.2, -0.15) is 0 Å².